The van der Waals surface area contributed by atoms with Crippen molar-refractivity contribution >= 4 is 12.6 Å². The summed E-state index contributed by atoms with van der Waals surface area (Å²) >= 11 is 4.00. The molecule has 0 nitrogen and oxygen atoms in total. The second kappa shape index (κ2) is 5.09. The Morgan fingerprint density at radius 2 is 2.33 bits per heavy atom. The van der Waals surface area contributed by atoms with E-state index in [4.69, 9.17) is 0 Å². The summed E-state index contributed by atoms with van der Waals surface area (Å²) in [6.07, 6.45) is 5.24. The van der Waals surface area contributed by atoms with Gasteiger partial charge in [-0.2, -0.15) is 12.6 Å². The van der Waals surface area contributed by atoms with Gasteiger partial charge in [-0.25, -0.2) is 0 Å². The van der Waals surface area contributed by atoms with Crippen LogP contribution in [0.15, 0.2) is 12.2 Å². The molecule has 0 saturated heterocycles. The minimum absolute atomic E-state index is 0.963. The van der Waals surface area contributed by atoms with Crippen LogP contribution < -0.4 is 0 Å². The summed E-state index contributed by atoms with van der Waals surface area (Å²) in [5, 5.41) is 0. The van der Waals surface area contributed by atoms with Crippen LogP contribution >= 0.6 is 12.6 Å². The fourth-order valence-electron chi connectivity index (χ4n) is 0.241. The first-order valence-electron chi connectivity index (χ1n) is 2.14. The molecule has 0 radical (unpaired) electrons. The Labute approximate surface area is 44.7 Å². The largest absolute Gasteiger partial charge is 0.179 e. The van der Waals surface area contributed by atoms with Crippen LogP contribution in [-0.2, 0) is 0 Å². The van der Waals surface area contributed by atoms with Crippen LogP contribution in [0, 0.1) is 0 Å². The fourth-order valence-corrected chi connectivity index (χ4v) is 0.390. The Bertz CT molecular complexity index is 39.2. The van der Waals surface area contributed by atoms with Gasteiger partial charge in [0.1, 0.15) is 0 Å². The molecular formula is C5H10S. The first kappa shape index (κ1) is 6.09. The highest BCUT2D eigenvalue weighted by atomic mass is 32.1. The Balaban J connectivity index is 2.66. The van der Waals surface area contributed by atoms with Crippen molar-refractivity contribution in [1.82, 2.24) is 0 Å². The average molecular weight is 102 g/mol. The van der Waals surface area contributed by atoms with Crippen molar-refractivity contribution in [3.63, 3.8) is 0 Å². The maximum atomic E-state index is 4.00. The van der Waals surface area contributed by atoms with E-state index in [-0.39, 0.29) is 0 Å². The highest BCUT2D eigenvalue weighted by Gasteiger charge is 1.65. The van der Waals surface area contributed by atoms with E-state index in [1.807, 2.05) is 13.0 Å². The molecule has 0 aliphatic carbocycles. The number of hydrogen-bond acceptors (Lipinski definition) is 1. The van der Waals surface area contributed by atoms with Gasteiger partial charge in [-0.3, -0.25) is 0 Å². The van der Waals surface area contributed by atoms with Gasteiger partial charge in [-0.05, 0) is 19.1 Å². The molecule has 0 saturated carbocycles. The molecule has 6 heavy (non-hydrogen) atoms. The van der Waals surface area contributed by atoms with Crippen LogP contribution in [0.1, 0.15) is 13.3 Å². The third-order valence-corrected chi connectivity index (χ3v) is 0.790. The summed E-state index contributed by atoms with van der Waals surface area (Å²) in [7, 11) is 0. The molecule has 0 aromatic heterocycles. The Morgan fingerprint density at radius 3 is 2.50 bits per heavy atom. The van der Waals surface area contributed by atoms with Crippen molar-refractivity contribution < 1.29 is 0 Å². The van der Waals surface area contributed by atoms with Crippen molar-refractivity contribution in [2.45, 2.75) is 13.3 Å². The highest BCUT2D eigenvalue weighted by Crippen LogP contribution is 1.83. The van der Waals surface area contributed by atoms with Gasteiger partial charge in [0.25, 0.3) is 0 Å². The fraction of sp³-hybridized carbons (Fsp3) is 0.600. The molecule has 0 fully saturated rings. The topological polar surface area (TPSA) is 0 Å². The van der Waals surface area contributed by atoms with Gasteiger partial charge in [0.15, 0.2) is 0 Å². The van der Waals surface area contributed by atoms with E-state index in [0.717, 1.165) is 12.2 Å². The van der Waals surface area contributed by atoms with E-state index in [0.29, 0.717) is 0 Å². The Morgan fingerprint density at radius 1 is 1.67 bits per heavy atom. The van der Waals surface area contributed by atoms with Crippen molar-refractivity contribution in [2.75, 3.05) is 5.75 Å². The van der Waals surface area contributed by atoms with Crippen LogP contribution in [0.25, 0.3) is 0 Å². The SMILES string of the molecule is C/C=C/CCS. The van der Waals surface area contributed by atoms with Crippen molar-refractivity contribution in [2.24, 2.45) is 0 Å². The minimum Gasteiger partial charge on any atom is -0.179 e. The van der Waals surface area contributed by atoms with Crippen LogP contribution in [-0.4, -0.2) is 5.75 Å². The third kappa shape index (κ3) is 4.09. The molecule has 0 aromatic carbocycles. The van der Waals surface area contributed by atoms with E-state index in [1.165, 1.54) is 0 Å². The van der Waals surface area contributed by atoms with E-state index in [1.54, 1.807) is 0 Å². The van der Waals surface area contributed by atoms with Gasteiger partial charge >= 0.3 is 0 Å². The van der Waals surface area contributed by atoms with Gasteiger partial charge < -0.3 is 0 Å². The monoisotopic (exact) mass is 102 g/mol. The molecule has 0 aliphatic rings. The van der Waals surface area contributed by atoms with Crippen LogP contribution in [0.4, 0.5) is 0 Å². The summed E-state index contributed by atoms with van der Waals surface area (Å²) < 4.78 is 0. The van der Waals surface area contributed by atoms with Gasteiger partial charge in [-0.15, -0.1) is 0 Å². The van der Waals surface area contributed by atoms with E-state index >= 15 is 0 Å². The first-order chi connectivity index (χ1) is 2.91. The first-order valence-corrected chi connectivity index (χ1v) is 2.77. The molecule has 0 bridgehead atoms. The lowest BCUT2D eigenvalue weighted by atomic mass is 10.4. The van der Waals surface area contributed by atoms with Crippen LogP contribution in [0.5, 0.6) is 0 Å². The van der Waals surface area contributed by atoms with Crippen LogP contribution in [0.3, 0.4) is 0 Å². The predicted octanol–water partition coefficient (Wildman–Crippen LogP) is 1.88. The molecule has 1 heteroatoms. The standard InChI is InChI=1S/C5H10S/c1-2-3-4-5-6/h2-3,6H,4-5H2,1H3/b3-2+. The lowest BCUT2D eigenvalue weighted by Gasteiger charge is -1.75. The summed E-state index contributed by atoms with van der Waals surface area (Å²) in [5.41, 5.74) is 0. The molecule has 0 aliphatic heterocycles. The summed E-state index contributed by atoms with van der Waals surface area (Å²) in [4.78, 5) is 0. The Kier molecular flexibility index (Phi) is 5.17. The molecule has 0 spiro atoms. The molecule has 0 rings (SSSR count). The third-order valence-electron chi connectivity index (χ3n) is 0.531. The molecule has 0 N–H and O–H groups in total. The number of hydrogen-bond donors (Lipinski definition) is 1. The van der Waals surface area contributed by atoms with Crippen molar-refractivity contribution in [3.8, 4) is 0 Å². The normalized spacial score (nSPS) is 10.3. The zero-order valence-electron chi connectivity index (χ0n) is 4.02. The lowest BCUT2D eigenvalue weighted by molar-refractivity contribution is 1.25. The van der Waals surface area contributed by atoms with E-state index in [2.05, 4.69) is 18.7 Å². The minimum atomic E-state index is 0.963. The van der Waals surface area contributed by atoms with Gasteiger partial charge in [0.2, 0.25) is 0 Å². The second-order valence-electron chi connectivity index (χ2n) is 1.08. The summed E-state index contributed by atoms with van der Waals surface area (Å²) in [5.74, 6) is 0.963. The molecule has 0 aromatic rings. The quantitative estimate of drug-likeness (QED) is 0.399. The summed E-state index contributed by atoms with van der Waals surface area (Å²) in [6, 6.07) is 0. The second-order valence-corrected chi connectivity index (χ2v) is 1.53. The molecule has 0 atom stereocenters. The van der Waals surface area contributed by atoms with E-state index in [9.17, 15) is 0 Å². The van der Waals surface area contributed by atoms with Crippen LogP contribution in [0.2, 0.25) is 0 Å². The zero-order chi connectivity index (χ0) is 4.83. The lowest BCUT2D eigenvalue weighted by Crippen LogP contribution is -1.62. The molecule has 0 unspecified atom stereocenters. The zero-order valence-corrected chi connectivity index (χ0v) is 4.91. The van der Waals surface area contributed by atoms with Crippen molar-refractivity contribution in [1.29, 1.82) is 0 Å². The molecule has 0 heterocycles. The van der Waals surface area contributed by atoms with E-state index < -0.39 is 0 Å². The molecule has 0 amide bonds. The average Bonchev–Trinajstić information content (AvgIpc) is 1.61. The maximum Gasteiger partial charge on any atom is -0.00633 e. The summed E-state index contributed by atoms with van der Waals surface area (Å²) in [6.45, 7) is 2.02. The smallest absolute Gasteiger partial charge is 0.00633 e. The maximum absolute atomic E-state index is 4.00. The molecule has 36 valence electrons. The van der Waals surface area contributed by atoms with Crippen molar-refractivity contribution in [3.05, 3.63) is 12.2 Å². The predicted molar refractivity (Wildman–Crippen MR) is 33.3 cm³/mol. The number of allylic oxidation sites excluding steroid dienone is 2. The van der Waals surface area contributed by atoms with Gasteiger partial charge in [-0.1, -0.05) is 12.2 Å². The van der Waals surface area contributed by atoms with Gasteiger partial charge in [0, 0.05) is 0 Å². The molecular weight excluding hydrogens is 92.1 g/mol. The number of thiol groups is 1. The number of rotatable bonds is 2. The highest BCUT2D eigenvalue weighted by molar-refractivity contribution is 7.80. The Hall–Kier alpha value is 0.0900. The van der Waals surface area contributed by atoms with Gasteiger partial charge in [0.05, 0.1) is 0 Å².